The van der Waals surface area contributed by atoms with Crippen molar-refractivity contribution >= 4 is 6.09 Å². The molecule has 13 heavy (non-hydrogen) atoms. The van der Waals surface area contributed by atoms with Crippen LogP contribution in [0.2, 0.25) is 0 Å². The van der Waals surface area contributed by atoms with Crippen molar-refractivity contribution in [2.75, 3.05) is 13.2 Å². The normalized spacial score (nSPS) is 12.5. The van der Waals surface area contributed by atoms with E-state index in [0.29, 0.717) is 6.61 Å². The molecule has 4 heteroatoms. The van der Waals surface area contributed by atoms with Gasteiger partial charge in [0, 0.05) is 6.61 Å². The molecule has 1 unspecified atom stereocenters. The van der Waals surface area contributed by atoms with Crippen LogP contribution < -0.4 is 5.73 Å². The first-order valence-electron chi connectivity index (χ1n) is 4.74. The topological polar surface area (TPSA) is 61.6 Å². The fraction of sp³-hybridized carbons (Fsp3) is 0.889. The number of ether oxygens (including phenoxy) is 2. The molecule has 0 aliphatic heterocycles. The largest absolute Gasteiger partial charge is 0.444 e. The van der Waals surface area contributed by atoms with E-state index < -0.39 is 6.09 Å². The van der Waals surface area contributed by atoms with Gasteiger partial charge in [0.25, 0.3) is 0 Å². The molecule has 0 rings (SSSR count). The monoisotopic (exact) mass is 189 g/mol. The first-order valence-corrected chi connectivity index (χ1v) is 4.74. The van der Waals surface area contributed by atoms with Crippen LogP contribution in [0.1, 0.15) is 33.1 Å². The number of hydrogen-bond donors (Lipinski definition) is 1. The predicted molar refractivity (Wildman–Crippen MR) is 50.5 cm³/mol. The maximum atomic E-state index is 10.4. The Morgan fingerprint density at radius 2 is 2.15 bits per heavy atom. The van der Waals surface area contributed by atoms with Gasteiger partial charge in [0.2, 0.25) is 0 Å². The smallest absolute Gasteiger partial charge is 0.404 e. The van der Waals surface area contributed by atoms with Gasteiger partial charge in [0.05, 0.1) is 6.61 Å². The van der Waals surface area contributed by atoms with Crippen LogP contribution in [0, 0.1) is 0 Å². The molecule has 0 heterocycles. The van der Waals surface area contributed by atoms with Gasteiger partial charge in [-0.05, 0) is 12.8 Å². The molecule has 0 spiro atoms. The van der Waals surface area contributed by atoms with Gasteiger partial charge in [0.15, 0.2) is 0 Å². The number of primary amides is 1. The highest BCUT2D eigenvalue weighted by Gasteiger charge is 2.09. The minimum absolute atomic E-state index is 0.200. The summed E-state index contributed by atoms with van der Waals surface area (Å²) in [6.45, 7) is 5.19. The molecule has 0 saturated carbocycles. The highest BCUT2D eigenvalue weighted by Crippen LogP contribution is 1.99. The second-order valence-electron chi connectivity index (χ2n) is 2.90. The standard InChI is InChI=1S/C9H19NO3/c1-3-5-6-12-7-8(4-2)13-9(10)11/h8H,3-7H2,1-2H3,(H2,10,11). The third-order valence-electron chi connectivity index (χ3n) is 1.68. The van der Waals surface area contributed by atoms with Gasteiger partial charge in [-0.3, -0.25) is 0 Å². The summed E-state index contributed by atoms with van der Waals surface area (Å²) in [7, 11) is 0. The molecule has 2 N–H and O–H groups in total. The van der Waals surface area contributed by atoms with Crippen LogP contribution in [0.4, 0.5) is 4.79 Å². The van der Waals surface area contributed by atoms with Crippen molar-refractivity contribution in [1.82, 2.24) is 0 Å². The van der Waals surface area contributed by atoms with Crippen LogP contribution in [-0.4, -0.2) is 25.4 Å². The molecule has 4 nitrogen and oxygen atoms in total. The number of carbonyl (C=O) groups is 1. The molecule has 78 valence electrons. The van der Waals surface area contributed by atoms with Crippen molar-refractivity contribution in [2.24, 2.45) is 5.73 Å². The van der Waals surface area contributed by atoms with Crippen molar-refractivity contribution in [3.05, 3.63) is 0 Å². The van der Waals surface area contributed by atoms with Gasteiger partial charge >= 0.3 is 6.09 Å². The van der Waals surface area contributed by atoms with Gasteiger partial charge in [-0.15, -0.1) is 0 Å². The summed E-state index contributed by atoms with van der Waals surface area (Å²) < 4.78 is 10.1. The van der Waals surface area contributed by atoms with Gasteiger partial charge in [-0.1, -0.05) is 20.3 Å². The van der Waals surface area contributed by atoms with E-state index in [1.165, 1.54) is 0 Å². The molecule has 0 saturated heterocycles. The Bertz CT molecular complexity index is 139. The van der Waals surface area contributed by atoms with Crippen LogP contribution in [0.5, 0.6) is 0 Å². The van der Waals surface area contributed by atoms with Crippen molar-refractivity contribution in [2.45, 2.75) is 39.2 Å². The van der Waals surface area contributed by atoms with Gasteiger partial charge in [0.1, 0.15) is 6.10 Å². The first kappa shape index (κ1) is 12.2. The van der Waals surface area contributed by atoms with Crippen molar-refractivity contribution in [1.29, 1.82) is 0 Å². The SMILES string of the molecule is CCCCOCC(CC)OC(N)=O. The van der Waals surface area contributed by atoms with E-state index >= 15 is 0 Å². The third-order valence-corrected chi connectivity index (χ3v) is 1.68. The number of hydrogen-bond acceptors (Lipinski definition) is 3. The van der Waals surface area contributed by atoms with Crippen molar-refractivity contribution in [3.8, 4) is 0 Å². The van der Waals surface area contributed by atoms with Crippen LogP contribution in [0.15, 0.2) is 0 Å². The summed E-state index contributed by atoms with van der Waals surface area (Å²) in [5.41, 5.74) is 4.88. The number of unbranched alkanes of at least 4 members (excludes halogenated alkanes) is 1. The maximum Gasteiger partial charge on any atom is 0.404 e. The second kappa shape index (κ2) is 7.86. The molecule has 1 atom stereocenters. The number of nitrogens with two attached hydrogens (primary N) is 1. The summed E-state index contributed by atoms with van der Waals surface area (Å²) in [4.78, 5) is 10.4. The summed E-state index contributed by atoms with van der Waals surface area (Å²) in [5.74, 6) is 0. The van der Waals surface area contributed by atoms with Crippen LogP contribution in [0.25, 0.3) is 0 Å². The lowest BCUT2D eigenvalue weighted by Crippen LogP contribution is -2.26. The maximum absolute atomic E-state index is 10.4. The molecule has 0 radical (unpaired) electrons. The Balaban J connectivity index is 3.42. The van der Waals surface area contributed by atoms with E-state index in [1.807, 2.05) is 6.92 Å². The van der Waals surface area contributed by atoms with Crippen molar-refractivity contribution < 1.29 is 14.3 Å². The molecule has 0 aromatic rings. The summed E-state index contributed by atoms with van der Waals surface area (Å²) >= 11 is 0. The number of carbonyl (C=O) groups excluding carboxylic acids is 1. The predicted octanol–water partition coefficient (Wildman–Crippen LogP) is 1.68. The molecule has 1 amide bonds. The summed E-state index contributed by atoms with van der Waals surface area (Å²) in [5, 5.41) is 0. The van der Waals surface area contributed by atoms with Gasteiger partial charge in [-0.25, -0.2) is 4.79 Å². The molecular formula is C9H19NO3. The van der Waals surface area contributed by atoms with E-state index in [-0.39, 0.29) is 6.10 Å². The number of amides is 1. The molecule has 0 fully saturated rings. The molecule has 0 aromatic heterocycles. The van der Waals surface area contributed by atoms with E-state index in [1.54, 1.807) is 0 Å². The molecule has 0 aliphatic rings. The van der Waals surface area contributed by atoms with Gasteiger partial charge in [-0.2, -0.15) is 0 Å². The van der Waals surface area contributed by atoms with E-state index in [0.717, 1.165) is 25.9 Å². The minimum atomic E-state index is -0.731. The third kappa shape index (κ3) is 7.59. The Kier molecular flexibility index (Phi) is 7.39. The first-order chi connectivity index (χ1) is 6.20. The lowest BCUT2D eigenvalue weighted by molar-refractivity contribution is 0.0209. The minimum Gasteiger partial charge on any atom is -0.444 e. The molecular weight excluding hydrogens is 170 g/mol. The average Bonchev–Trinajstić information content (AvgIpc) is 2.09. The zero-order valence-electron chi connectivity index (χ0n) is 8.41. The summed E-state index contributed by atoms with van der Waals surface area (Å²) in [6.07, 6.45) is 1.94. The lowest BCUT2D eigenvalue weighted by atomic mass is 10.3. The quantitative estimate of drug-likeness (QED) is 0.620. The van der Waals surface area contributed by atoms with Crippen LogP contribution >= 0.6 is 0 Å². The van der Waals surface area contributed by atoms with E-state index in [9.17, 15) is 4.79 Å². The van der Waals surface area contributed by atoms with Crippen LogP contribution in [-0.2, 0) is 9.47 Å². The number of rotatable bonds is 7. The fourth-order valence-electron chi connectivity index (χ4n) is 0.861. The fourth-order valence-corrected chi connectivity index (χ4v) is 0.861. The van der Waals surface area contributed by atoms with E-state index in [2.05, 4.69) is 6.92 Å². The molecule has 0 aromatic carbocycles. The Hall–Kier alpha value is -0.770. The zero-order valence-corrected chi connectivity index (χ0v) is 8.41. The van der Waals surface area contributed by atoms with Crippen LogP contribution in [0.3, 0.4) is 0 Å². The van der Waals surface area contributed by atoms with E-state index in [4.69, 9.17) is 15.2 Å². The Morgan fingerprint density at radius 1 is 1.46 bits per heavy atom. The molecule has 0 bridgehead atoms. The molecule has 0 aliphatic carbocycles. The van der Waals surface area contributed by atoms with Gasteiger partial charge < -0.3 is 15.2 Å². The van der Waals surface area contributed by atoms with Crippen molar-refractivity contribution in [3.63, 3.8) is 0 Å². The Labute approximate surface area is 79.4 Å². The lowest BCUT2D eigenvalue weighted by Gasteiger charge is -2.14. The zero-order chi connectivity index (χ0) is 10.1. The highest BCUT2D eigenvalue weighted by molar-refractivity contribution is 5.64. The second-order valence-corrected chi connectivity index (χ2v) is 2.90. The summed E-state index contributed by atoms with van der Waals surface area (Å²) in [6, 6.07) is 0. The average molecular weight is 189 g/mol. The Morgan fingerprint density at radius 3 is 2.62 bits per heavy atom. The highest BCUT2D eigenvalue weighted by atomic mass is 16.6.